The summed E-state index contributed by atoms with van der Waals surface area (Å²) in [6, 6.07) is 18.8. The minimum absolute atomic E-state index is 0.00668. The molecule has 0 bridgehead atoms. The Bertz CT molecular complexity index is 1430. The SMILES string of the molecule is CCNC(=O)[C@@H](CC)N(Cc1cccc(OC)c1)C(=O)CN(c1cc(OC)ccc1OC)S(=O)(=O)c1ccccc1. The minimum atomic E-state index is -4.26. The standard InChI is InChI=1S/C30H37N3O7S/c1-6-26(30(35)31-7-2)32(20-22-12-11-13-23(18-22)38-3)29(34)21-33(41(36,37)25-14-9-8-10-15-25)27-19-24(39-4)16-17-28(27)40-5/h8-19,26H,6-7,20-21H2,1-5H3,(H,31,35)/t26-/m1/s1. The Labute approximate surface area is 241 Å². The average molecular weight is 584 g/mol. The number of likely N-dealkylation sites (N-methyl/N-ethyl adjacent to an activating group) is 1. The summed E-state index contributed by atoms with van der Waals surface area (Å²) >= 11 is 0. The lowest BCUT2D eigenvalue weighted by Crippen LogP contribution is -2.52. The van der Waals surface area contributed by atoms with Crippen molar-refractivity contribution in [2.45, 2.75) is 37.8 Å². The fourth-order valence-corrected chi connectivity index (χ4v) is 5.84. The monoisotopic (exact) mass is 583 g/mol. The van der Waals surface area contributed by atoms with Crippen molar-refractivity contribution in [1.82, 2.24) is 10.2 Å². The molecule has 1 atom stereocenters. The lowest BCUT2D eigenvalue weighted by Gasteiger charge is -2.33. The Balaban J connectivity index is 2.14. The minimum Gasteiger partial charge on any atom is -0.497 e. The van der Waals surface area contributed by atoms with Gasteiger partial charge in [0.15, 0.2) is 0 Å². The number of nitrogens with zero attached hydrogens (tertiary/aromatic N) is 2. The average Bonchev–Trinajstić information content (AvgIpc) is 2.99. The molecule has 220 valence electrons. The van der Waals surface area contributed by atoms with Crippen molar-refractivity contribution in [2.75, 3.05) is 38.7 Å². The maximum Gasteiger partial charge on any atom is 0.264 e. The highest BCUT2D eigenvalue weighted by molar-refractivity contribution is 7.92. The smallest absolute Gasteiger partial charge is 0.264 e. The number of carbonyl (C=O) groups is 2. The predicted molar refractivity (Wildman–Crippen MR) is 157 cm³/mol. The highest BCUT2D eigenvalue weighted by Gasteiger charge is 2.35. The number of nitrogens with one attached hydrogen (secondary N) is 1. The third-order valence-electron chi connectivity index (χ3n) is 6.49. The highest BCUT2D eigenvalue weighted by atomic mass is 32.2. The predicted octanol–water partition coefficient (Wildman–Crippen LogP) is 3.85. The molecular weight excluding hydrogens is 546 g/mol. The van der Waals surface area contributed by atoms with Gasteiger partial charge in [0.2, 0.25) is 11.8 Å². The summed E-state index contributed by atoms with van der Waals surface area (Å²) in [5, 5.41) is 2.79. The Morgan fingerprint density at radius 2 is 1.54 bits per heavy atom. The van der Waals surface area contributed by atoms with E-state index in [4.69, 9.17) is 14.2 Å². The van der Waals surface area contributed by atoms with Gasteiger partial charge in [0.1, 0.15) is 29.8 Å². The topological polar surface area (TPSA) is 114 Å². The van der Waals surface area contributed by atoms with E-state index in [2.05, 4.69) is 5.32 Å². The van der Waals surface area contributed by atoms with Gasteiger partial charge < -0.3 is 24.4 Å². The Morgan fingerprint density at radius 3 is 2.15 bits per heavy atom. The molecule has 2 amide bonds. The van der Waals surface area contributed by atoms with Crippen LogP contribution in [0.3, 0.4) is 0 Å². The molecule has 0 aromatic heterocycles. The molecule has 0 heterocycles. The number of benzene rings is 3. The summed E-state index contributed by atoms with van der Waals surface area (Å²) in [5.74, 6) is 0.296. The number of methoxy groups -OCH3 is 3. The summed E-state index contributed by atoms with van der Waals surface area (Å²) in [5.41, 5.74) is 0.841. The second-order valence-electron chi connectivity index (χ2n) is 9.05. The van der Waals surface area contributed by atoms with Crippen molar-refractivity contribution in [3.63, 3.8) is 0 Å². The number of rotatable bonds is 14. The Kier molecular flexibility index (Phi) is 11.0. The molecular formula is C30H37N3O7S. The zero-order chi connectivity index (χ0) is 30.0. The van der Waals surface area contributed by atoms with Crippen LogP contribution >= 0.6 is 0 Å². The van der Waals surface area contributed by atoms with Crippen LogP contribution in [-0.2, 0) is 26.2 Å². The van der Waals surface area contributed by atoms with Gasteiger partial charge in [-0.05, 0) is 55.3 Å². The van der Waals surface area contributed by atoms with Crippen LogP contribution in [-0.4, -0.2) is 65.6 Å². The van der Waals surface area contributed by atoms with Gasteiger partial charge in [-0.25, -0.2) is 8.42 Å². The first-order valence-electron chi connectivity index (χ1n) is 13.2. The van der Waals surface area contributed by atoms with E-state index in [0.717, 1.165) is 9.87 Å². The van der Waals surface area contributed by atoms with Crippen LogP contribution < -0.4 is 23.8 Å². The van der Waals surface area contributed by atoms with E-state index in [1.54, 1.807) is 69.5 Å². The number of amides is 2. The third-order valence-corrected chi connectivity index (χ3v) is 8.26. The van der Waals surface area contributed by atoms with Crippen molar-refractivity contribution >= 4 is 27.5 Å². The number of carbonyl (C=O) groups excluding carboxylic acids is 2. The van der Waals surface area contributed by atoms with Crippen molar-refractivity contribution in [1.29, 1.82) is 0 Å². The van der Waals surface area contributed by atoms with E-state index in [-0.39, 0.29) is 28.8 Å². The maximum atomic E-state index is 14.2. The van der Waals surface area contributed by atoms with Crippen LogP contribution in [0.5, 0.6) is 17.2 Å². The van der Waals surface area contributed by atoms with E-state index in [0.29, 0.717) is 24.5 Å². The fraction of sp³-hybridized carbons (Fsp3) is 0.333. The highest BCUT2D eigenvalue weighted by Crippen LogP contribution is 2.36. The van der Waals surface area contributed by atoms with Gasteiger partial charge in [-0.1, -0.05) is 37.3 Å². The Morgan fingerprint density at radius 1 is 0.854 bits per heavy atom. The molecule has 0 aliphatic rings. The summed E-state index contributed by atoms with van der Waals surface area (Å²) < 4.78 is 45.3. The zero-order valence-corrected chi connectivity index (χ0v) is 24.8. The molecule has 0 fully saturated rings. The van der Waals surface area contributed by atoms with Gasteiger partial charge in [0.25, 0.3) is 10.0 Å². The molecule has 0 radical (unpaired) electrons. The van der Waals surface area contributed by atoms with E-state index in [1.165, 1.54) is 37.3 Å². The largest absolute Gasteiger partial charge is 0.497 e. The van der Waals surface area contributed by atoms with E-state index < -0.39 is 28.5 Å². The van der Waals surface area contributed by atoms with Crippen molar-refractivity contribution < 1.29 is 32.2 Å². The van der Waals surface area contributed by atoms with Crippen LogP contribution in [0, 0.1) is 0 Å². The van der Waals surface area contributed by atoms with Crippen LogP contribution in [0.15, 0.2) is 77.7 Å². The van der Waals surface area contributed by atoms with Crippen LogP contribution in [0.1, 0.15) is 25.8 Å². The summed E-state index contributed by atoms with van der Waals surface area (Å²) in [4.78, 5) is 28.7. The van der Waals surface area contributed by atoms with E-state index >= 15 is 0 Å². The van der Waals surface area contributed by atoms with Crippen molar-refractivity contribution in [2.24, 2.45) is 0 Å². The molecule has 0 aliphatic carbocycles. The van der Waals surface area contributed by atoms with Gasteiger partial charge in [0, 0.05) is 19.2 Å². The van der Waals surface area contributed by atoms with Gasteiger partial charge >= 0.3 is 0 Å². The molecule has 41 heavy (non-hydrogen) atoms. The molecule has 3 aromatic carbocycles. The molecule has 10 nitrogen and oxygen atoms in total. The summed E-state index contributed by atoms with van der Waals surface area (Å²) in [7, 11) is 0.158. The number of sulfonamides is 1. The fourth-order valence-electron chi connectivity index (χ4n) is 4.40. The quantitative estimate of drug-likeness (QED) is 0.307. The lowest BCUT2D eigenvalue weighted by atomic mass is 10.1. The van der Waals surface area contributed by atoms with Gasteiger partial charge in [0.05, 0.1) is 31.9 Å². The molecule has 11 heteroatoms. The normalized spacial score (nSPS) is 11.7. The third kappa shape index (κ3) is 7.49. The maximum absolute atomic E-state index is 14.2. The van der Waals surface area contributed by atoms with Crippen molar-refractivity contribution in [3.05, 3.63) is 78.4 Å². The lowest BCUT2D eigenvalue weighted by molar-refractivity contribution is -0.140. The molecule has 0 unspecified atom stereocenters. The number of hydrogen-bond donors (Lipinski definition) is 1. The number of anilines is 1. The first kappa shape index (κ1) is 31.3. The second kappa shape index (κ2) is 14.4. The first-order valence-corrected chi connectivity index (χ1v) is 14.6. The van der Waals surface area contributed by atoms with E-state index in [1.807, 2.05) is 6.07 Å². The van der Waals surface area contributed by atoms with E-state index in [9.17, 15) is 18.0 Å². The molecule has 0 saturated heterocycles. The van der Waals surface area contributed by atoms with Crippen molar-refractivity contribution in [3.8, 4) is 17.2 Å². The molecule has 0 saturated carbocycles. The van der Waals surface area contributed by atoms with Gasteiger partial charge in [-0.3, -0.25) is 13.9 Å². The second-order valence-corrected chi connectivity index (χ2v) is 10.9. The van der Waals surface area contributed by atoms with Crippen LogP contribution in [0.4, 0.5) is 5.69 Å². The molecule has 1 N–H and O–H groups in total. The summed E-state index contributed by atoms with van der Waals surface area (Å²) in [6.07, 6.45) is 0.315. The van der Waals surface area contributed by atoms with Gasteiger partial charge in [-0.15, -0.1) is 0 Å². The molecule has 3 aromatic rings. The molecule has 3 rings (SSSR count). The number of hydrogen-bond acceptors (Lipinski definition) is 7. The van der Waals surface area contributed by atoms with Crippen LogP contribution in [0.2, 0.25) is 0 Å². The molecule has 0 aliphatic heterocycles. The van der Waals surface area contributed by atoms with Crippen LogP contribution in [0.25, 0.3) is 0 Å². The first-order chi connectivity index (χ1) is 19.7. The molecule has 0 spiro atoms. The Hall–Kier alpha value is -4.25. The number of ether oxygens (including phenoxy) is 3. The van der Waals surface area contributed by atoms with Gasteiger partial charge in [-0.2, -0.15) is 0 Å². The zero-order valence-electron chi connectivity index (χ0n) is 24.0. The summed E-state index contributed by atoms with van der Waals surface area (Å²) in [6.45, 7) is 3.43.